The van der Waals surface area contributed by atoms with Crippen LogP contribution in [0.3, 0.4) is 0 Å². The number of nitro groups is 1. The Balaban J connectivity index is 2.06. The van der Waals surface area contributed by atoms with Crippen molar-refractivity contribution in [3.05, 3.63) is 22.2 Å². The molecule has 0 saturated carbocycles. The highest BCUT2D eigenvalue weighted by Gasteiger charge is 2.27. The molecule has 0 radical (unpaired) electrons. The summed E-state index contributed by atoms with van der Waals surface area (Å²) >= 11 is 0. The smallest absolute Gasteiger partial charge is 0.300 e. The Morgan fingerprint density at radius 2 is 2.15 bits per heavy atom. The number of rotatable bonds is 2. The second-order valence-corrected chi connectivity index (χ2v) is 5.33. The van der Waals surface area contributed by atoms with E-state index in [0.29, 0.717) is 18.0 Å². The number of hydrogen-bond donors (Lipinski definition) is 1. The molecule has 0 bridgehead atoms. The highest BCUT2D eigenvalue weighted by molar-refractivity contribution is 5.93. The van der Waals surface area contributed by atoms with Gasteiger partial charge in [0.1, 0.15) is 0 Å². The predicted octanol–water partition coefficient (Wildman–Crippen LogP) is 1.30. The molecule has 2 N–H and O–H groups in total. The zero-order valence-corrected chi connectivity index (χ0v) is 11.0. The molecule has 106 valence electrons. The monoisotopic (exact) mass is 277 g/mol. The standard InChI is InChI=1S/C12H15N5O3/c1-7-4-8(13)6-16(5-7)9-2-3-10(17(18)19)12-11(9)14-20-15-12/h2-3,7-8H,4-6,13H2,1H3. The third kappa shape index (κ3) is 2.07. The highest BCUT2D eigenvalue weighted by atomic mass is 16.6. The summed E-state index contributed by atoms with van der Waals surface area (Å²) in [6.07, 6.45) is 0.976. The van der Waals surface area contributed by atoms with Gasteiger partial charge in [-0.25, -0.2) is 4.63 Å². The SMILES string of the molecule is CC1CC(N)CN(c2ccc([N+](=O)[O-])c3nonc23)C1. The van der Waals surface area contributed by atoms with Crippen LogP contribution in [0.25, 0.3) is 11.0 Å². The quantitative estimate of drug-likeness (QED) is 0.650. The van der Waals surface area contributed by atoms with Gasteiger partial charge in [-0.2, -0.15) is 0 Å². The van der Waals surface area contributed by atoms with Crippen LogP contribution in [0.15, 0.2) is 16.8 Å². The summed E-state index contributed by atoms with van der Waals surface area (Å²) in [6.45, 7) is 3.67. The van der Waals surface area contributed by atoms with Crippen molar-refractivity contribution in [2.45, 2.75) is 19.4 Å². The van der Waals surface area contributed by atoms with Crippen LogP contribution in [0.1, 0.15) is 13.3 Å². The van der Waals surface area contributed by atoms with Crippen LogP contribution in [0, 0.1) is 16.0 Å². The Kier molecular flexibility index (Phi) is 3.01. The number of non-ortho nitro benzene ring substituents is 1. The minimum atomic E-state index is -0.485. The summed E-state index contributed by atoms with van der Waals surface area (Å²) < 4.78 is 4.68. The Bertz CT molecular complexity index is 646. The van der Waals surface area contributed by atoms with Gasteiger partial charge in [-0.15, -0.1) is 0 Å². The molecule has 8 nitrogen and oxygen atoms in total. The average molecular weight is 277 g/mol. The summed E-state index contributed by atoms with van der Waals surface area (Å²) in [7, 11) is 0. The van der Waals surface area contributed by atoms with Gasteiger partial charge in [0, 0.05) is 25.2 Å². The van der Waals surface area contributed by atoms with Crippen molar-refractivity contribution in [1.29, 1.82) is 0 Å². The van der Waals surface area contributed by atoms with E-state index in [0.717, 1.165) is 18.7 Å². The van der Waals surface area contributed by atoms with Crippen molar-refractivity contribution < 1.29 is 9.55 Å². The first kappa shape index (κ1) is 12.8. The average Bonchev–Trinajstić information content (AvgIpc) is 2.84. The Morgan fingerprint density at radius 3 is 2.85 bits per heavy atom. The summed E-state index contributed by atoms with van der Waals surface area (Å²) in [4.78, 5) is 12.6. The van der Waals surface area contributed by atoms with Crippen LogP contribution < -0.4 is 10.6 Å². The molecule has 1 aromatic carbocycles. The summed E-state index contributed by atoms with van der Waals surface area (Å²) in [5.41, 5.74) is 7.33. The van der Waals surface area contributed by atoms with Crippen LogP contribution in [0.4, 0.5) is 11.4 Å². The van der Waals surface area contributed by atoms with Crippen molar-refractivity contribution in [3.8, 4) is 0 Å². The zero-order valence-electron chi connectivity index (χ0n) is 11.0. The largest absolute Gasteiger partial charge is 0.368 e. The van der Waals surface area contributed by atoms with Gasteiger partial charge in [-0.1, -0.05) is 6.92 Å². The normalized spacial score (nSPS) is 23.2. The van der Waals surface area contributed by atoms with Crippen molar-refractivity contribution in [3.63, 3.8) is 0 Å². The molecule has 0 spiro atoms. The van der Waals surface area contributed by atoms with Gasteiger partial charge in [0.05, 0.1) is 10.6 Å². The van der Waals surface area contributed by atoms with Crippen molar-refractivity contribution >= 4 is 22.4 Å². The van der Waals surface area contributed by atoms with Gasteiger partial charge < -0.3 is 10.6 Å². The molecule has 3 rings (SSSR count). The fourth-order valence-corrected chi connectivity index (χ4v) is 2.84. The van der Waals surface area contributed by atoms with E-state index in [9.17, 15) is 10.1 Å². The van der Waals surface area contributed by atoms with Crippen LogP contribution in [0.2, 0.25) is 0 Å². The Labute approximate surface area is 114 Å². The molecule has 1 aromatic heterocycles. The first-order valence-corrected chi connectivity index (χ1v) is 6.46. The third-order valence-corrected chi connectivity index (χ3v) is 3.60. The second kappa shape index (κ2) is 4.71. The Hall–Kier alpha value is -2.22. The van der Waals surface area contributed by atoms with Gasteiger partial charge in [0.15, 0.2) is 5.52 Å². The van der Waals surface area contributed by atoms with Crippen LogP contribution in [-0.2, 0) is 0 Å². The number of aromatic nitrogens is 2. The Morgan fingerprint density at radius 1 is 1.40 bits per heavy atom. The van der Waals surface area contributed by atoms with Gasteiger partial charge in [-0.3, -0.25) is 10.1 Å². The molecular formula is C12H15N5O3. The van der Waals surface area contributed by atoms with Crippen LogP contribution in [-0.4, -0.2) is 34.4 Å². The fourth-order valence-electron chi connectivity index (χ4n) is 2.84. The lowest BCUT2D eigenvalue weighted by atomic mass is 9.96. The lowest BCUT2D eigenvalue weighted by molar-refractivity contribution is -0.383. The minimum absolute atomic E-state index is 0.0869. The van der Waals surface area contributed by atoms with E-state index < -0.39 is 4.92 Å². The second-order valence-electron chi connectivity index (χ2n) is 5.33. The van der Waals surface area contributed by atoms with E-state index in [2.05, 4.69) is 26.8 Å². The van der Waals surface area contributed by atoms with Crippen molar-refractivity contribution in [1.82, 2.24) is 10.3 Å². The van der Waals surface area contributed by atoms with Gasteiger partial charge in [0.25, 0.3) is 0 Å². The van der Waals surface area contributed by atoms with Crippen LogP contribution in [0.5, 0.6) is 0 Å². The molecule has 1 fully saturated rings. The number of nitrogens with zero attached hydrogens (tertiary/aromatic N) is 4. The number of nitrogens with two attached hydrogens (primary N) is 1. The van der Waals surface area contributed by atoms with Crippen molar-refractivity contribution in [2.24, 2.45) is 11.7 Å². The zero-order chi connectivity index (χ0) is 14.3. The number of fused-ring (bicyclic) bond motifs is 1. The molecule has 1 saturated heterocycles. The number of benzene rings is 1. The van der Waals surface area contributed by atoms with Crippen LogP contribution >= 0.6 is 0 Å². The van der Waals surface area contributed by atoms with Gasteiger partial charge in [-0.05, 0) is 28.7 Å². The van der Waals surface area contributed by atoms with E-state index in [1.54, 1.807) is 6.07 Å². The number of anilines is 1. The molecule has 1 aliphatic rings. The number of nitro benzene ring substituents is 1. The first-order valence-electron chi connectivity index (χ1n) is 6.46. The molecule has 1 aliphatic heterocycles. The van der Waals surface area contributed by atoms with E-state index in [1.165, 1.54) is 6.07 Å². The molecular weight excluding hydrogens is 262 g/mol. The minimum Gasteiger partial charge on any atom is -0.368 e. The first-order chi connectivity index (χ1) is 9.56. The maximum atomic E-state index is 11.0. The lowest BCUT2D eigenvalue weighted by Gasteiger charge is -2.36. The summed E-state index contributed by atoms with van der Waals surface area (Å²) in [5.74, 6) is 0.462. The molecule has 2 unspecified atom stereocenters. The van der Waals surface area contributed by atoms with E-state index in [-0.39, 0.29) is 17.2 Å². The highest BCUT2D eigenvalue weighted by Crippen LogP contribution is 2.33. The molecule has 20 heavy (non-hydrogen) atoms. The number of hydrogen-bond acceptors (Lipinski definition) is 7. The number of piperidine rings is 1. The fraction of sp³-hybridized carbons (Fsp3) is 0.500. The lowest BCUT2D eigenvalue weighted by Crippen LogP contribution is -2.46. The van der Waals surface area contributed by atoms with Gasteiger partial charge >= 0.3 is 5.69 Å². The third-order valence-electron chi connectivity index (χ3n) is 3.60. The molecule has 2 heterocycles. The summed E-state index contributed by atoms with van der Waals surface area (Å²) in [6, 6.07) is 3.21. The van der Waals surface area contributed by atoms with E-state index in [1.807, 2.05) is 0 Å². The topological polar surface area (TPSA) is 111 Å². The maximum absolute atomic E-state index is 11.0. The van der Waals surface area contributed by atoms with Gasteiger partial charge in [0.2, 0.25) is 5.52 Å². The maximum Gasteiger partial charge on any atom is 0.300 e. The predicted molar refractivity (Wildman–Crippen MR) is 72.4 cm³/mol. The molecule has 2 atom stereocenters. The molecule has 2 aromatic rings. The van der Waals surface area contributed by atoms with E-state index in [4.69, 9.17) is 5.73 Å². The summed E-state index contributed by atoms with van der Waals surface area (Å²) in [5, 5.41) is 18.4. The van der Waals surface area contributed by atoms with E-state index >= 15 is 0 Å². The molecule has 0 aliphatic carbocycles. The molecule has 0 amide bonds. The van der Waals surface area contributed by atoms with Crippen molar-refractivity contribution in [2.75, 3.05) is 18.0 Å². The molecule has 8 heteroatoms.